The quantitative estimate of drug-likeness (QED) is 0.757. The molecule has 0 radical (unpaired) electrons. The summed E-state index contributed by atoms with van der Waals surface area (Å²) in [5, 5.41) is 9.66. The van der Waals surface area contributed by atoms with Gasteiger partial charge in [-0.1, -0.05) is 19.3 Å². The lowest BCUT2D eigenvalue weighted by atomic mass is 9.87. The molecule has 3 rings (SSSR count). The molecular weight excluding hydrogens is 381 g/mol. The fourth-order valence-electron chi connectivity index (χ4n) is 3.38. The van der Waals surface area contributed by atoms with Gasteiger partial charge < -0.3 is 15.4 Å². The Morgan fingerprint density at radius 1 is 1.32 bits per heavy atom. The molecular formula is C17H29Cl2N3O2S. The number of carbonyl (C=O) groups excluding carboxylic acids is 1. The summed E-state index contributed by atoms with van der Waals surface area (Å²) in [4.78, 5) is 16.7. The van der Waals surface area contributed by atoms with E-state index in [-0.39, 0.29) is 36.8 Å². The van der Waals surface area contributed by atoms with Gasteiger partial charge in [0.25, 0.3) is 0 Å². The molecule has 8 heteroatoms. The molecule has 1 saturated heterocycles. The third-order valence-corrected chi connectivity index (χ3v) is 5.61. The largest absolute Gasteiger partial charge is 0.378 e. The normalized spacial score (nSPS) is 21.0. The molecule has 2 aliphatic rings. The van der Waals surface area contributed by atoms with Crippen molar-refractivity contribution in [2.24, 2.45) is 0 Å². The van der Waals surface area contributed by atoms with Gasteiger partial charge in [-0.3, -0.25) is 4.79 Å². The van der Waals surface area contributed by atoms with Crippen molar-refractivity contribution in [1.82, 2.24) is 15.6 Å². The molecule has 0 spiro atoms. The molecule has 1 aromatic rings. The van der Waals surface area contributed by atoms with Crippen LogP contribution >= 0.6 is 36.2 Å². The van der Waals surface area contributed by atoms with Gasteiger partial charge in [0, 0.05) is 43.3 Å². The topological polar surface area (TPSA) is 63.2 Å². The predicted molar refractivity (Wildman–Crippen MR) is 106 cm³/mol. The number of amides is 1. The number of morpholine rings is 1. The van der Waals surface area contributed by atoms with Crippen LogP contribution in [0.4, 0.5) is 0 Å². The summed E-state index contributed by atoms with van der Waals surface area (Å²) in [5.74, 6) is 0.762. The minimum atomic E-state index is 0. The summed E-state index contributed by atoms with van der Waals surface area (Å²) >= 11 is 1.74. The summed E-state index contributed by atoms with van der Waals surface area (Å²) in [6.45, 7) is 2.88. The Kier molecular flexibility index (Phi) is 10.9. The zero-order chi connectivity index (χ0) is 15.9. The Bertz CT molecular complexity index is 504. The Hall–Kier alpha value is -0.400. The van der Waals surface area contributed by atoms with Gasteiger partial charge in [0.1, 0.15) is 0 Å². The lowest BCUT2D eigenvalue weighted by Crippen LogP contribution is -2.44. The number of halogens is 2. The molecule has 0 aromatic carbocycles. The van der Waals surface area contributed by atoms with Gasteiger partial charge in [-0.15, -0.1) is 36.2 Å². The number of rotatable bonds is 6. The smallest absolute Gasteiger partial charge is 0.221 e. The number of ether oxygens (including phenoxy) is 1. The molecule has 1 amide bonds. The van der Waals surface area contributed by atoms with Crippen LogP contribution in [0.25, 0.3) is 0 Å². The standard InChI is InChI=1S/C17H27N3O2S.2ClH/c21-16(10-14-11-22-9-8-18-14)19-7-6-17-20-15(12-23-17)13-4-2-1-3-5-13;;/h12-14,18H,1-11H2,(H,19,21);2*1H. The number of nitrogens with one attached hydrogen (secondary N) is 2. The van der Waals surface area contributed by atoms with Gasteiger partial charge >= 0.3 is 0 Å². The fraction of sp³-hybridized carbons (Fsp3) is 0.765. The second-order valence-electron chi connectivity index (χ2n) is 6.53. The van der Waals surface area contributed by atoms with Crippen molar-refractivity contribution in [2.45, 2.75) is 56.9 Å². The maximum atomic E-state index is 11.9. The average Bonchev–Trinajstić information content (AvgIpc) is 3.05. The Morgan fingerprint density at radius 2 is 2.12 bits per heavy atom. The van der Waals surface area contributed by atoms with Gasteiger partial charge in [0.15, 0.2) is 0 Å². The van der Waals surface area contributed by atoms with E-state index in [9.17, 15) is 4.79 Å². The van der Waals surface area contributed by atoms with Crippen molar-refractivity contribution in [3.63, 3.8) is 0 Å². The van der Waals surface area contributed by atoms with Crippen LogP contribution < -0.4 is 10.6 Å². The third kappa shape index (κ3) is 7.39. The molecule has 0 bridgehead atoms. The van der Waals surface area contributed by atoms with Gasteiger partial charge in [-0.05, 0) is 12.8 Å². The summed E-state index contributed by atoms with van der Waals surface area (Å²) in [7, 11) is 0. The number of aromatic nitrogens is 1. The van der Waals surface area contributed by atoms with E-state index >= 15 is 0 Å². The van der Waals surface area contributed by atoms with Crippen molar-refractivity contribution in [1.29, 1.82) is 0 Å². The van der Waals surface area contributed by atoms with Gasteiger partial charge in [-0.2, -0.15) is 0 Å². The molecule has 1 aliphatic carbocycles. The van der Waals surface area contributed by atoms with E-state index in [1.165, 1.54) is 37.8 Å². The summed E-state index contributed by atoms with van der Waals surface area (Å²) in [5.41, 5.74) is 1.28. The molecule has 1 saturated carbocycles. The number of nitrogens with zero attached hydrogens (tertiary/aromatic N) is 1. The Morgan fingerprint density at radius 3 is 2.84 bits per heavy atom. The maximum absolute atomic E-state index is 11.9. The zero-order valence-corrected chi connectivity index (χ0v) is 16.9. The first-order chi connectivity index (χ1) is 11.3. The second kappa shape index (κ2) is 12.1. The Balaban J connectivity index is 0.00000156. The fourth-order valence-corrected chi connectivity index (χ4v) is 4.26. The minimum Gasteiger partial charge on any atom is -0.378 e. The molecule has 2 N–H and O–H groups in total. The molecule has 1 atom stereocenters. The van der Waals surface area contributed by atoms with E-state index in [0.29, 0.717) is 25.5 Å². The maximum Gasteiger partial charge on any atom is 0.221 e. The van der Waals surface area contributed by atoms with Crippen molar-refractivity contribution in [2.75, 3.05) is 26.3 Å². The molecule has 1 aromatic heterocycles. The predicted octanol–water partition coefficient (Wildman–Crippen LogP) is 3.07. The van der Waals surface area contributed by atoms with Crippen molar-refractivity contribution < 1.29 is 9.53 Å². The van der Waals surface area contributed by atoms with E-state index in [0.717, 1.165) is 24.6 Å². The summed E-state index contributed by atoms with van der Waals surface area (Å²) in [6, 6.07) is 0.154. The number of thiazole rings is 1. The molecule has 5 nitrogen and oxygen atoms in total. The minimum absolute atomic E-state index is 0. The molecule has 1 aliphatic heterocycles. The molecule has 1 unspecified atom stereocenters. The number of hydrogen-bond donors (Lipinski definition) is 2. The number of hydrogen-bond acceptors (Lipinski definition) is 5. The van der Waals surface area contributed by atoms with E-state index < -0.39 is 0 Å². The average molecular weight is 410 g/mol. The van der Waals surface area contributed by atoms with Crippen LogP contribution in [0.2, 0.25) is 0 Å². The third-order valence-electron chi connectivity index (χ3n) is 4.68. The highest BCUT2D eigenvalue weighted by atomic mass is 35.5. The van der Waals surface area contributed by atoms with Crippen molar-refractivity contribution >= 4 is 42.1 Å². The van der Waals surface area contributed by atoms with Gasteiger partial charge in [0.05, 0.1) is 23.9 Å². The van der Waals surface area contributed by atoms with E-state index in [4.69, 9.17) is 9.72 Å². The summed E-state index contributed by atoms with van der Waals surface area (Å²) in [6.07, 6.45) is 7.95. The monoisotopic (exact) mass is 409 g/mol. The molecule has 144 valence electrons. The van der Waals surface area contributed by atoms with Gasteiger partial charge in [0.2, 0.25) is 5.91 Å². The van der Waals surface area contributed by atoms with Crippen LogP contribution in [0.3, 0.4) is 0 Å². The van der Waals surface area contributed by atoms with Crippen LogP contribution in [0, 0.1) is 0 Å². The molecule has 25 heavy (non-hydrogen) atoms. The first kappa shape index (κ1) is 22.6. The summed E-state index contributed by atoms with van der Waals surface area (Å²) < 4.78 is 5.37. The van der Waals surface area contributed by atoms with Crippen LogP contribution in [0.15, 0.2) is 5.38 Å². The van der Waals surface area contributed by atoms with E-state index in [1.54, 1.807) is 11.3 Å². The second-order valence-corrected chi connectivity index (χ2v) is 7.47. The lowest BCUT2D eigenvalue weighted by Gasteiger charge is -2.23. The first-order valence-electron chi connectivity index (χ1n) is 8.83. The van der Waals surface area contributed by atoms with Crippen LogP contribution in [-0.2, 0) is 16.0 Å². The van der Waals surface area contributed by atoms with E-state index in [2.05, 4.69) is 16.0 Å². The SMILES string of the molecule is Cl.Cl.O=C(CC1COCCN1)NCCc1nc(C2CCCCC2)cs1. The van der Waals surface area contributed by atoms with Crippen molar-refractivity contribution in [3.05, 3.63) is 16.1 Å². The highest BCUT2D eigenvalue weighted by Crippen LogP contribution is 2.33. The first-order valence-corrected chi connectivity index (χ1v) is 9.71. The van der Waals surface area contributed by atoms with E-state index in [1.807, 2.05) is 0 Å². The Labute approximate surface area is 166 Å². The molecule has 2 fully saturated rings. The van der Waals surface area contributed by atoms with Crippen LogP contribution in [0.5, 0.6) is 0 Å². The molecule has 2 heterocycles. The zero-order valence-electron chi connectivity index (χ0n) is 14.5. The van der Waals surface area contributed by atoms with Crippen LogP contribution in [-0.4, -0.2) is 43.2 Å². The highest BCUT2D eigenvalue weighted by molar-refractivity contribution is 7.09. The highest BCUT2D eigenvalue weighted by Gasteiger charge is 2.19. The number of carbonyl (C=O) groups is 1. The van der Waals surface area contributed by atoms with Gasteiger partial charge in [-0.25, -0.2) is 4.98 Å². The lowest BCUT2D eigenvalue weighted by molar-refractivity contribution is -0.122. The van der Waals surface area contributed by atoms with Crippen molar-refractivity contribution in [3.8, 4) is 0 Å². The van der Waals surface area contributed by atoms with Crippen LogP contribution in [0.1, 0.15) is 55.1 Å².